The van der Waals surface area contributed by atoms with Crippen molar-refractivity contribution < 1.29 is 13.2 Å². The van der Waals surface area contributed by atoms with E-state index in [1.807, 2.05) is 0 Å². The highest BCUT2D eigenvalue weighted by Gasteiger charge is 2.21. The molecular formula is C16H19N3O4S. The van der Waals surface area contributed by atoms with E-state index in [0.29, 0.717) is 11.3 Å². The Morgan fingerprint density at radius 1 is 1.17 bits per heavy atom. The highest BCUT2D eigenvalue weighted by atomic mass is 32.2. The van der Waals surface area contributed by atoms with Crippen molar-refractivity contribution in [3.63, 3.8) is 0 Å². The van der Waals surface area contributed by atoms with Crippen molar-refractivity contribution in [1.82, 2.24) is 8.87 Å². The van der Waals surface area contributed by atoms with Crippen molar-refractivity contribution in [2.45, 2.75) is 11.8 Å². The van der Waals surface area contributed by atoms with E-state index in [1.165, 1.54) is 43.1 Å². The van der Waals surface area contributed by atoms with E-state index < -0.39 is 15.9 Å². The fraction of sp³-hybridized carbons (Fsp3) is 0.250. The maximum absolute atomic E-state index is 12.4. The largest absolute Gasteiger partial charge is 0.321 e. The number of aryl methyl sites for hydroxylation is 2. The van der Waals surface area contributed by atoms with Gasteiger partial charge in [-0.2, -0.15) is 0 Å². The lowest BCUT2D eigenvalue weighted by atomic mass is 10.1. The normalized spacial score (nSPS) is 11.5. The quantitative estimate of drug-likeness (QED) is 0.898. The number of anilines is 1. The van der Waals surface area contributed by atoms with E-state index in [9.17, 15) is 18.0 Å². The van der Waals surface area contributed by atoms with Crippen molar-refractivity contribution in [1.29, 1.82) is 0 Å². The summed E-state index contributed by atoms with van der Waals surface area (Å²) in [6.07, 6.45) is 1.49. The van der Waals surface area contributed by atoms with Gasteiger partial charge in [-0.25, -0.2) is 12.7 Å². The molecule has 1 heterocycles. The Morgan fingerprint density at radius 2 is 1.83 bits per heavy atom. The van der Waals surface area contributed by atoms with E-state index in [1.54, 1.807) is 26.1 Å². The van der Waals surface area contributed by atoms with E-state index in [0.717, 1.165) is 4.31 Å². The van der Waals surface area contributed by atoms with Crippen LogP contribution < -0.4 is 10.9 Å². The predicted molar refractivity (Wildman–Crippen MR) is 91.7 cm³/mol. The predicted octanol–water partition coefficient (Wildman–Crippen LogP) is 1.20. The summed E-state index contributed by atoms with van der Waals surface area (Å²) in [5.41, 5.74) is 1.03. The number of aromatic nitrogens is 1. The van der Waals surface area contributed by atoms with Crippen LogP contribution in [0.25, 0.3) is 0 Å². The van der Waals surface area contributed by atoms with Crippen LogP contribution in [-0.2, 0) is 17.1 Å². The number of amides is 1. The van der Waals surface area contributed by atoms with Gasteiger partial charge < -0.3 is 9.88 Å². The Hall–Kier alpha value is -2.45. The van der Waals surface area contributed by atoms with Gasteiger partial charge in [0.1, 0.15) is 0 Å². The molecule has 7 nitrogen and oxygen atoms in total. The van der Waals surface area contributed by atoms with Crippen LogP contribution in [0.1, 0.15) is 15.9 Å². The first-order valence-electron chi connectivity index (χ1n) is 7.14. The maximum Gasteiger partial charge on any atom is 0.255 e. The smallest absolute Gasteiger partial charge is 0.255 e. The van der Waals surface area contributed by atoms with Crippen LogP contribution >= 0.6 is 0 Å². The number of nitrogens with one attached hydrogen (secondary N) is 1. The number of sulfonamides is 1. The van der Waals surface area contributed by atoms with Crippen LogP contribution in [0.4, 0.5) is 5.69 Å². The van der Waals surface area contributed by atoms with E-state index in [2.05, 4.69) is 5.32 Å². The van der Waals surface area contributed by atoms with E-state index >= 15 is 0 Å². The van der Waals surface area contributed by atoms with Crippen LogP contribution in [0.5, 0.6) is 0 Å². The van der Waals surface area contributed by atoms with Gasteiger partial charge in [-0.1, -0.05) is 6.07 Å². The molecule has 1 aromatic carbocycles. The standard InChI is InChI=1S/C16H19N3O4S/c1-11-5-6-12(9-14(11)24(22,23)18(2)3)16(21)17-13-7-8-15(20)19(4)10-13/h5-10H,1-4H3,(H,17,21). The Balaban J connectivity index is 2.37. The SMILES string of the molecule is Cc1ccc(C(=O)Nc2ccc(=O)n(C)c2)cc1S(=O)(=O)N(C)C. The zero-order chi connectivity index (χ0) is 18.1. The molecule has 0 aliphatic heterocycles. The number of carbonyl (C=O) groups is 1. The number of nitrogens with zero attached hydrogens (tertiary/aromatic N) is 2. The molecule has 128 valence electrons. The van der Waals surface area contributed by atoms with Gasteiger partial charge in [-0.15, -0.1) is 0 Å². The van der Waals surface area contributed by atoms with Gasteiger partial charge in [-0.3, -0.25) is 9.59 Å². The summed E-state index contributed by atoms with van der Waals surface area (Å²) in [6.45, 7) is 1.67. The van der Waals surface area contributed by atoms with Crippen molar-refractivity contribution >= 4 is 21.6 Å². The zero-order valence-electron chi connectivity index (χ0n) is 13.9. The Labute approximate surface area is 140 Å². The van der Waals surface area contributed by atoms with E-state index in [-0.39, 0.29) is 16.0 Å². The number of rotatable bonds is 4. The van der Waals surface area contributed by atoms with Gasteiger partial charge in [0.05, 0.1) is 10.6 Å². The molecule has 2 aromatic rings. The summed E-state index contributed by atoms with van der Waals surface area (Å²) >= 11 is 0. The molecule has 0 aliphatic rings. The van der Waals surface area contributed by atoms with Crippen LogP contribution in [0.3, 0.4) is 0 Å². The van der Waals surface area contributed by atoms with Crippen molar-refractivity contribution in [2.75, 3.05) is 19.4 Å². The average molecular weight is 349 g/mol. The number of carbonyl (C=O) groups excluding carboxylic acids is 1. The van der Waals surface area contributed by atoms with Gasteiger partial charge >= 0.3 is 0 Å². The van der Waals surface area contributed by atoms with E-state index in [4.69, 9.17) is 0 Å². The third-order valence-corrected chi connectivity index (χ3v) is 5.51. The number of hydrogen-bond donors (Lipinski definition) is 1. The first-order valence-corrected chi connectivity index (χ1v) is 8.58. The summed E-state index contributed by atoms with van der Waals surface area (Å²) in [4.78, 5) is 23.8. The van der Waals surface area contributed by atoms with Gasteiger partial charge in [0.15, 0.2) is 0 Å². The molecule has 0 radical (unpaired) electrons. The Kier molecular flexibility index (Phi) is 4.91. The highest BCUT2D eigenvalue weighted by molar-refractivity contribution is 7.89. The summed E-state index contributed by atoms with van der Waals surface area (Å²) in [6, 6.07) is 7.33. The second-order valence-electron chi connectivity index (χ2n) is 5.59. The molecule has 1 N–H and O–H groups in total. The molecule has 0 saturated carbocycles. The summed E-state index contributed by atoms with van der Waals surface area (Å²) in [7, 11) is 0.807. The second kappa shape index (κ2) is 6.58. The first kappa shape index (κ1) is 17.9. The maximum atomic E-state index is 12.4. The lowest BCUT2D eigenvalue weighted by molar-refractivity contribution is 0.102. The minimum Gasteiger partial charge on any atom is -0.321 e. The molecule has 0 fully saturated rings. The minimum atomic E-state index is -3.64. The third-order valence-electron chi connectivity index (χ3n) is 3.55. The lowest BCUT2D eigenvalue weighted by Gasteiger charge is -2.14. The molecule has 0 atom stereocenters. The average Bonchev–Trinajstić information content (AvgIpc) is 2.51. The van der Waals surface area contributed by atoms with Crippen LogP contribution in [0.2, 0.25) is 0 Å². The number of benzene rings is 1. The Bertz CT molecular complexity index is 946. The molecule has 0 aliphatic carbocycles. The topological polar surface area (TPSA) is 88.5 Å². The Morgan fingerprint density at radius 3 is 2.42 bits per heavy atom. The lowest BCUT2D eigenvalue weighted by Crippen LogP contribution is -2.24. The van der Waals surface area contributed by atoms with Gasteiger partial charge in [-0.05, 0) is 30.7 Å². The molecule has 1 amide bonds. The number of pyridine rings is 1. The third kappa shape index (κ3) is 3.55. The van der Waals surface area contributed by atoms with Crippen LogP contribution in [-0.4, -0.2) is 37.3 Å². The molecule has 0 spiro atoms. The molecule has 0 unspecified atom stereocenters. The van der Waals surface area contributed by atoms with Crippen LogP contribution in [0, 0.1) is 6.92 Å². The van der Waals surface area contributed by atoms with Crippen molar-refractivity contribution in [3.05, 3.63) is 58.0 Å². The molecule has 0 bridgehead atoms. The summed E-state index contributed by atoms with van der Waals surface area (Å²) < 4.78 is 27.1. The second-order valence-corrected chi connectivity index (χ2v) is 7.71. The van der Waals surface area contributed by atoms with Gasteiger partial charge in [0, 0.05) is 39.0 Å². The van der Waals surface area contributed by atoms with Gasteiger partial charge in [0.2, 0.25) is 15.6 Å². The molecule has 1 aromatic heterocycles. The first-order chi connectivity index (χ1) is 11.1. The fourth-order valence-corrected chi connectivity index (χ4v) is 3.23. The molecule has 8 heteroatoms. The molecule has 0 saturated heterocycles. The zero-order valence-corrected chi connectivity index (χ0v) is 14.7. The minimum absolute atomic E-state index is 0.0839. The number of hydrogen-bond acceptors (Lipinski definition) is 4. The summed E-state index contributed by atoms with van der Waals surface area (Å²) in [5.74, 6) is -0.455. The monoisotopic (exact) mass is 349 g/mol. The van der Waals surface area contributed by atoms with Crippen LogP contribution in [0.15, 0.2) is 46.2 Å². The highest BCUT2D eigenvalue weighted by Crippen LogP contribution is 2.20. The molecule has 2 rings (SSSR count). The van der Waals surface area contributed by atoms with Crippen molar-refractivity contribution in [2.24, 2.45) is 7.05 Å². The molecule has 24 heavy (non-hydrogen) atoms. The van der Waals surface area contributed by atoms with Gasteiger partial charge in [0.25, 0.3) is 5.91 Å². The fourth-order valence-electron chi connectivity index (χ4n) is 2.09. The van der Waals surface area contributed by atoms with Crippen molar-refractivity contribution in [3.8, 4) is 0 Å². The summed E-state index contributed by atoms with van der Waals surface area (Å²) in [5, 5.41) is 2.65. The molecular weight excluding hydrogens is 330 g/mol.